The van der Waals surface area contributed by atoms with E-state index in [0.717, 1.165) is 22.7 Å². The lowest BCUT2D eigenvalue weighted by atomic mass is 10.00. The van der Waals surface area contributed by atoms with Crippen molar-refractivity contribution in [3.63, 3.8) is 0 Å². The van der Waals surface area contributed by atoms with Crippen molar-refractivity contribution in [3.8, 4) is 5.69 Å². The van der Waals surface area contributed by atoms with E-state index in [1.54, 1.807) is 0 Å². The second kappa shape index (κ2) is 9.19. The van der Waals surface area contributed by atoms with Crippen LogP contribution in [0.25, 0.3) is 63.3 Å². The highest BCUT2D eigenvalue weighted by Gasteiger charge is 2.22. The normalized spacial score (nSPS) is 11.7. The van der Waals surface area contributed by atoms with E-state index in [2.05, 4.69) is 142 Å². The van der Waals surface area contributed by atoms with Gasteiger partial charge in [0, 0.05) is 53.4 Å². The molecular formula is C39H23N3S. The molecule has 4 heteroatoms. The van der Waals surface area contributed by atoms with Crippen LogP contribution < -0.4 is 4.90 Å². The highest BCUT2D eigenvalue weighted by atomic mass is 32.1. The predicted octanol–water partition coefficient (Wildman–Crippen LogP) is 11.8. The zero-order valence-corrected chi connectivity index (χ0v) is 23.8. The summed E-state index contributed by atoms with van der Waals surface area (Å²) in [5, 5.41) is 7.55. The molecule has 9 aromatic rings. The van der Waals surface area contributed by atoms with Crippen LogP contribution in [0.3, 0.4) is 0 Å². The van der Waals surface area contributed by atoms with Gasteiger partial charge in [-0.3, -0.25) is 0 Å². The van der Waals surface area contributed by atoms with Gasteiger partial charge < -0.3 is 9.47 Å². The molecule has 0 radical (unpaired) electrons. The zero-order valence-electron chi connectivity index (χ0n) is 23.0. The van der Waals surface area contributed by atoms with Crippen LogP contribution in [0.4, 0.5) is 22.7 Å². The van der Waals surface area contributed by atoms with Crippen molar-refractivity contribution in [2.45, 2.75) is 0 Å². The van der Waals surface area contributed by atoms with Crippen molar-refractivity contribution >= 4 is 86.8 Å². The topological polar surface area (TPSA) is 12.5 Å². The van der Waals surface area contributed by atoms with Crippen molar-refractivity contribution in [1.29, 1.82) is 0 Å². The molecule has 0 unspecified atom stereocenters. The number of hydrogen-bond acceptors (Lipinski definition) is 2. The highest BCUT2D eigenvalue weighted by molar-refractivity contribution is 7.25. The number of thiophene rings is 1. The molecule has 0 aliphatic rings. The predicted molar refractivity (Wildman–Crippen MR) is 183 cm³/mol. The first-order valence-electron chi connectivity index (χ1n) is 14.3. The maximum absolute atomic E-state index is 7.50. The molecule has 0 amide bonds. The van der Waals surface area contributed by atoms with Gasteiger partial charge >= 0.3 is 0 Å². The first kappa shape index (κ1) is 24.0. The lowest BCUT2D eigenvalue weighted by molar-refractivity contribution is 1.18. The van der Waals surface area contributed by atoms with Gasteiger partial charge in [0.1, 0.15) is 0 Å². The van der Waals surface area contributed by atoms with Gasteiger partial charge in [-0.2, -0.15) is 0 Å². The van der Waals surface area contributed by atoms with Crippen LogP contribution in [-0.4, -0.2) is 4.57 Å². The molecule has 43 heavy (non-hydrogen) atoms. The third kappa shape index (κ3) is 3.53. The molecule has 200 valence electrons. The average molecular weight is 566 g/mol. The number of anilines is 3. The molecular weight excluding hydrogens is 543 g/mol. The average Bonchev–Trinajstić information content (AvgIpc) is 3.61. The summed E-state index contributed by atoms with van der Waals surface area (Å²) in [4.78, 5) is 5.99. The van der Waals surface area contributed by atoms with Gasteiger partial charge in [-0.1, -0.05) is 78.9 Å². The van der Waals surface area contributed by atoms with Crippen LogP contribution in [0.2, 0.25) is 0 Å². The van der Waals surface area contributed by atoms with Gasteiger partial charge in [-0.05, 0) is 66.0 Å². The summed E-state index contributed by atoms with van der Waals surface area (Å²) in [5.41, 5.74) is 7.42. The van der Waals surface area contributed by atoms with Crippen LogP contribution in [-0.2, 0) is 0 Å². The summed E-state index contributed by atoms with van der Waals surface area (Å²) in [5.74, 6) is 0. The Bertz CT molecular complexity index is 2510. The number of benzene rings is 7. The van der Waals surface area contributed by atoms with E-state index < -0.39 is 0 Å². The van der Waals surface area contributed by atoms with Crippen LogP contribution in [0.5, 0.6) is 0 Å². The van der Waals surface area contributed by atoms with Crippen LogP contribution >= 0.6 is 11.3 Å². The molecule has 9 rings (SSSR count). The number of aromatic nitrogens is 1. The van der Waals surface area contributed by atoms with Crippen LogP contribution in [0.15, 0.2) is 140 Å². The second-order valence-electron chi connectivity index (χ2n) is 10.9. The number of nitrogens with zero attached hydrogens (tertiary/aromatic N) is 3. The summed E-state index contributed by atoms with van der Waals surface area (Å²) in [6.45, 7) is 7.50. The minimum Gasteiger partial charge on any atom is -0.310 e. The van der Waals surface area contributed by atoms with Gasteiger partial charge in [-0.15, -0.1) is 11.3 Å². The maximum Gasteiger partial charge on any atom is 0.187 e. The van der Waals surface area contributed by atoms with Crippen molar-refractivity contribution in [3.05, 3.63) is 151 Å². The Labute approximate surface area is 252 Å². The highest BCUT2D eigenvalue weighted by Crippen LogP contribution is 2.47. The van der Waals surface area contributed by atoms with Gasteiger partial charge in [0.25, 0.3) is 0 Å². The Morgan fingerprint density at radius 2 is 1.30 bits per heavy atom. The number of para-hydroxylation sites is 1. The minimum atomic E-state index is 0.635. The third-order valence-electron chi connectivity index (χ3n) is 8.55. The maximum atomic E-state index is 7.50. The van der Waals surface area contributed by atoms with Crippen LogP contribution in [0, 0.1) is 6.57 Å². The molecule has 0 fully saturated rings. The zero-order chi connectivity index (χ0) is 28.5. The number of fused-ring (bicyclic) bond motifs is 3. The summed E-state index contributed by atoms with van der Waals surface area (Å²) in [7, 11) is 0. The van der Waals surface area contributed by atoms with Gasteiger partial charge in [0.05, 0.1) is 23.3 Å². The van der Waals surface area contributed by atoms with Crippen molar-refractivity contribution in [1.82, 2.24) is 4.57 Å². The monoisotopic (exact) mass is 565 g/mol. The summed E-state index contributed by atoms with van der Waals surface area (Å²) in [6.07, 6.45) is 0. The Morgan fingerprint density at radius 1 is 0.558 bits per heavy atom. The van der Waals surface area contributed by atoms with Crippen LogP contribution in [0.1, 0.15) is 0 Å². The fraction of sp³-hybridized carbons (Fsp3) is 0. The molecule has 7 aromatic carbocycles. The Kier molecular flexibility index (Phi) is 5.13. The number of hydrogen-bond donors (Lipinski definition) is 0. The third-order valence-corrected chi connectivity index (χ3v) is 9.68. The van der Waals surface area contributed by atoms with E-state index in [1.165, 1.54) is 52.8 Å². The molecule has 0 spiro atoms. The van der Waals surface area contributed by atoms with Gasteiger partial charge in [0.2, 0.25) is 0 Å². The Morgan fingerprint density at radius 3 is 2.16 bits per heavy atom. The Balaban J connectivity index is 1.35. The molecule has 0 atom stereocenters. The lowest BCUT2D eigenvalue weighted by Crippen LogP contribution is -2.10. The molecule has 0 bridgehead atoms. The largest absolute Gasteiger partial charge is 0.310 e. The molecule has 2 aromatic heterocycles. The van der Waals surface area contributed by atoms with E-state index >= 15 is 0 Å². The molecule has 0 saturated carbocycles. The van der Waals surface area contributed by atoms with Crippen molar-refractivity contribution < 1.29 is 0 Å². The fourth-order valence-electron chi connectivity index (χ4n) is 6.68. The van der Waals surface area contributed by atoms with Gasteiger partial charge in [0.15, 0.2) is 5.69 Å². The van der Waals surface area contributed by atoms with Crippen molar-refractivity contribution in [2.24, 2.45) is 0 Å². The van der Waals surface area contributed by atoms with E-state index in [4.69, 9.17) is 6.57 Å². The number of rotatable bonds is 4. The quantitative estimate of drug-likeness (QED) is 0.153. The first-order chi connectivity index (χ1) is 21.3. The second-order valence-corrected chi connectivity index (χ2v) is 12.0. The van der Waals surface area contributed by atoms with Gasteiger partial charge in [-0.25, -0.2) is 4.85 Å². The molecule has 0 N–H and O–H groups in total. The lowest BCUT2D eigenvalue weighted by Gasteiger charge is -2.27. The first-order valence-corrected chi connectivity index (χ1v) is 15.1. The van der Waals surface area contributed by atoms with E-state index in [9.17, 15) is 0 Å². The molecule has 0 aliphatic heterocycles. The summed E-state index contributed by atoms with van der Waals surface area (Å²) < 4.78 is 4.94. The molecule has 0 aliphatic carbocycles. The molecule has 2 heterocycles. The van der Waals surface area contributed by atoms with E-state index in [-0.39, 0.29) is 0 Å². The van der Waals surface area contributed by atoms with Crippen molar-refractivity contribution in [2.75, 3.05) is 4.90 Å². The van der Waals surface area contributed by atoms with E-state index in [0.29, 0.717) is 5.69 Å². The summed E-state index contributed by atoms with van der Waals surface area (Å²) in [6, 6.07) is 49.6. The molecule has 3 nitrogen and oxygen atoms in total. The minimum absolute atomic E-state index is 0.635. The Hall–Kier alpha value is -5.63. The SMILES string of the molecule is [C-]#[N+]c1ccc(N(c2ccc3c(c2)sc2ccccc23)c2ccc3c4c2ccc2cccc(c24)n3-c2ccccc2)cc1. The fourth-order valence-corrected chi connectivity index (χ4v) is 7.82. The van der Waals surface area contributed by atoms with E-state index in [1.807, 2.05) is 23.5 Å². The summed E-state index contributed by atoms with van der Waals surface area (Å²) >= 11 is 1.83. The smallest absolute Gasteiger partial charge is 0.187 e. The molecule has 0 saturated heterocycles. The standard InChI is InChI=1S/C39H23N3S/c1-40-26-15-17-28(18-16-26)41(29-19-21-31-30-11-5-6-13-36(30)43-37(31)24-29)33-22-23-35-39-32(33)20-14-25-8-7-12-34(38(25)39)42(35)27-9-3-2-4-10-27/h2-24H.